The summed E-state index contributed by atoms with van der Waals surface area (Å²) in [7, 11) is 0. The lowest BCUT2D eigenvalue weighted by Gasteiger charge is -2.32. The van der Waals surface area contributed by atoms with Gasteiger partial charge in [0, 0.05) is 12.6 Å². The van der Waals surface area contributed by atoms with Crippen molar-refractivity contribution in [2.45, 2.75) is 25.4 Å². The Morgan fingerprint density at radius 2 is 1.72 bits per heavy atom. The molecule has 4 nitrogen and oxygen atoms in total. The molecule has 0 atom stereocenters. The highest BCUT2D eigenvalue weighted by atomic mass is 19.1. The molecule has 0 aliphatic carbocycles. The van der Waals surface area contributed by atoms with Crippen molar-refractivity contribution in [3.63, 3.8) is 0 Å². The fourth-order valence-corrected chi connectivity index (χ4v) is 3.13. The number of anilines is 1. The molecule has 2 aromatic carbocycles. The van der Waals surface area contributed by atoms with E-state index in [-0.39, 0.29) is 18.1 Å². The summed E-state index contributed by atoms with van der Waals surface area (Å²) in [4.78, 5) is 14.4. The van der Waals surface area contributed by atoms with Crippen LogP contribution in [0.15, 0.2) is 54.6 Å². The van der Waals surface area contributed by atoms with Gasteiger partial charge >= 0.3 is 0 Å². The van der Waals surface area contributed by atoms with Crippen molar-refractivity contribution in [1.82, 2.24) is 10.2 Å². The normalized spacial score (nSPS) is 15.9. The fourth-order valence-electron chi connectivity index (χ4n) is 3.13. The van der Waals surface area contributed by atoms with Gasteiger partial charge in [0.15, 0.2) is 0 Å². The van der Waals surface area contributed by atoms with E-state index in [1.54, 1.807) is 18.2 Å². The number of para-hydroxylation sites is 1. The van der Waals surface area contributed by atoms with Crippen molar-refractivity contribution >= 4 is 11.6 Å². The first-order valence-electron chi connectivity index (χ1n) is 8.75. The van der Waals surface area contributed by atoms with Crippen molar-refractivity contribution in [3.05, 3.63) is 66.0 Å². The summed E-state index contributed by atoms with van der Waals surface area (Å²) in [5.74, 6) is -0.623. The molecule has 0 bridgehead atoms. The molecule has 1 fully saturated rings. The molecule has 132 valence electrons. The second-order valence-electron chi connectivity index (χ2n) is 6.44. The van der Waals surface area contributed by atoms with E-state index in [2.05, 4.69) is 39.8 Å². The highest BCUT2D eigenvalue weighted by Crippen LogP contribution is 2.14. The first-order valence-corrected chi connectivity index (χ1v) is 8.75. The molecule has 0 spiro atoms. The van der Waals surface area contributed by atoms with Gasteiger partial charge in [-0.05, 0) is 43.6 Å². The van der Waals surface area contributed by atoms with E-state index in [0.29, 0.717) is 6.04 Å². The number of carbonyl (C=O) groups is 1. The Morgan fingerprint density at radius 1 is 1.04 bits per heavy atom. The lowest BCUT2D eigenvalue weighted by molar-refractivity contribution is -0.115. The average Bonchev–Trinajstić information content (AvgIpc) is 2.64. The van der Waals surface area contributed by atoms with Gasteiger partial charge in [-0.25, -0.2) is 4.39 Å². The van der Waals surface area contributed by atoms with Crippen molar-refractivity contribution in [1.29, 1.82) is 0 Å². The van der Waals surface area contributed by atoms with Crippen LogP contribution < -0.4 is 10.6 Å². The largest absolute Gasteiger partial charge is 0.322 e. The number of nitrogens with zero attached hydrogens (tertiary/aromatic N) is 1. The number of nitrogens with one attached hydrogen (secondary N) is 2. The van der Waals surface area contributed by atoms with E-state index in [1.165, 1.54) is 11.6 Å². The maximum Gasteiger partial charge on any atom is 0.238 e. The molecule has 1 aliphatic rings. The van der Waals surface area contributed by atoms with Crippen molar-refractivity contribution < 1.29 is 9.18 Å². The molecule has 1 heterocycles. The summed E-state index contributed by atoms with van der Waals surface area (Å²) in [6.45, 7) is 3.21. The van der Waals surface area contributed by atoms with Crippen molar-refractivity contribution in [3.8, 4) is 0 Å². The Balaban J connectivity index is 1.38. The van der Waals surface area contributed by atoms with Crippen LogP contribution in [0.3, 0.4) is 0 Å². The zero-order valence-corrected chi connectivity index (χ0v) is 14.2. The molecular formula is C20H24FN3O. The molecule has 0 unspecified atom stereocenters. The molecule has 0 aromatic heterocycles. The lowest BCUT2D eigenvalue weighted by atomic mass is 10.0. The van der Waals surface area contributed by atoms with Crippen LogP contribution in [-0.4, -0.2) is 36.5 Å². The summed E-state index contributed by atoms with van der Waals surface area (Å²) in [5.41, 5.74) is 1.56. The number of hydrogen-bond donors (Lipinski definition) is 2. The molecule has 1 amide bonds. The number of benzene rings is 2. The average molecular weight is 341 g/mol. The van der Waals surface area contributed by atoms with Gasteiger partial charge in [0.2, 0.25) is 5.91 Å². The molecule has 1 aliphatic heterocycles. The van der Waals surface area contributed by atoms with Crippen LogP contribution in [0.5, 0.6) is 0 Å². The van der Waals surface area contributed by atoms with Crippen LogP contribution >= 0.6 is 0 Å². The number of amides is 1. The third kappa shape index (κ3) is 5.37. The minimum absolute atomic E-state index is 0.206. The quantitative estimate of drug-likeness (QED) is 0.849. The van der Waals surface area contributed by atoms with E-state index < -0.39 is 5.82 Å². The van der Waals surface area contributed by atoms with Gasteiger partial charge in [-0.15, -0.1) is 0 Å². The highest BCUT2D eigenvalue weighted by molar-refractivity contribution is 5.92. The highest BCUT2D eigenvalue weighted by Gasteiger charge is 2.19. The molecule has 3 rings (SSSR count). The Labute approximate surface area is 148 Å². The number of likely N-dealkylation sites (tertiary alicyclic amines) is 1. The Kier molecular flexibility index (Phi) is 6.14. The van der Waals surface area contributed by atoms with E-state index in [9.17, 15) is 9.18 Å². The molecular weight excluding hydrogens is 317 g/mol. The maximum atomic E-state index is 13.5. The standard InChI is InChI=1S/C20H24FN3O/c21-18-8-4-5-9-19(18)23-20(25)14-22-17-10-12-24(13-11-17)15-16-6-2-1-3-7-16/h1-9,17,22H,10-15H2,(H,23,25). The fraction of sp³-hybridized carbons (Fsp3) is 0.350. The molecule has 2 N–H and O–H groups in total. The minimum Gasteiger partial charge on any atom is -0.322 e. The SMILES string of the molecule is O=C(CNC1CCN(Cc2ccccc2)CC1)Nc1ccccc1F. The molecule has 2 aromatic rings. The first-order chi connectivity index (χ1) is 12.2. The molecule has 0 radical (unpaired) electrons. The monoisotopic (exact) mass is 341 g/mol. The minimum atomic E-state index is -0.412. The van der Waals surface area contributed by atoms with Gasteiger partial charge in [0.25, 0.3) is 0 Å². The summed E-state index contributed by atoms with van der Waals surface area (Å²) in [6.07, 6.45) is 2.03. The van der Waals surface area contributed by atoms with Crippen LogP contribution in [0, 0.1) is 5.82 Å². The van der Waals surface area contributed by atoms with Gasteiger partial charge in [-0.1, -0.05) is 42.5 Å². The van der Waals surface area contributed by atoms with Crippen LogP contribution in [-0.2, 0) is 11.3 Å². The van der Waals surface area contributed by atoms with Gasteiger partial charge in [0.1, 0.15) is 5.82 Å². The van der Waals surface area contributed by atoms with Gasteiger partial charge in [-0.3, -0.25) is 9.69 Å². The third-order valence-electron chi connectivity index (χ3n) is 4.54. The number of hydrogen-bond acceptors (Lipinski definition) is 3. The van der Waals surface area contributed by atoms with Gasteiger partial charge < -0.3 is 10.6 Å². The topological polar surface area (TPSA) is 44.4 Å². The van der Waals surface area contributed by atoms with E-state index >= 15 is 0 Å². The summed E-state index contributed by atoms with van der Waals surface area (Å²) in [5, 5.41) is 5.89. The van der Waals surface area contributed by atoms with Crippen LogP contribution in [0.1, 0.15) is 18.4 Å². The summed E-state index contributed by atoms with van der Waals surface area (Å²) < 4.78 is 13.5. The lowest BCUT2D eigenvalue weighted by Crippen LogP contribution is -2.44. The van der Waals surface area contributed by atoms with Crippen LogP contribution in [0.4, 0.5) is 10.1 Å². The number of piperidine rings is 1. The Hall–Kier alpha value is -2.24. The van der Waals surface area contributed by atoms with Crippen molar-refractivity contribution in [2.75, 3.05) is 25.0 Å². The Bertz CT molecular complexity index is 684. The second-order valence-corrected chi connectivity index (χ2v) is 6.44. The van der Waals surface area contributed by atoms with Crippen LogP contribution in [0.25, 0.3) is 0 Å². The Morgan fingerprint density at radius 3 is 2.44 bits per heavy atom. The van der Waals surface area contributed by atoms with E-state index in [4.69, 9.17) is 0 Å². The predicted molar refractivity (Wildman–Crippen MR) is 97.8 cm³/mol. The molecule has 0 saturated carbocycles. The number of carbonyl (C=O) groups excluding carboxylic acids is 1. The second kappa shape index (κ2) is 8.74. The zero-order chi connectivity index (χ0) is 17.5. The van der Waals surface area contributed by atoms with Crippen LogP contribution in [0.2, 0.25) is 0 Å². The van der Waals surface area contributed by atoms with E-state index in [0.717, 1.165) is 32.5 Å². The zero-order valence-electron chi connectivity index (χ0n) is 14.2. The van der Waals surface area contributed by atoms with E-state index in [1.807, 2.05) is 6.07 Å². The smallest absolute Gasteiger partial charge is 0.238 e. The molecule has 1 saturated heterocycles. The number of halogens is 1. The maximum absolute atomic E-state index is 13.5. The molecule has 25 heavy (non-hydrogen) atoms. The van der Waals surface area contributed by atoms with Crippen molar-refractivity contribution in [2.24, 2.45) is 0 Å². The predicted octanol–water partition coefficient (Wildman–Crippen LogP) is 3.02. The third-order valence-corrected chi connectivity index (χ3v) is 4.54. The number of rotatable bonds is 6. The summed E-state index contributed by atoms with van der Waals surface area (Å²) in [6, 6.07) is 17.0. The van der Waals surface area contributed by atoms with Gasteiger partial charge in [-0.2, -0.15) is 0 Å². The van der Waals surface area contributed by atoms with Gasteiger partial charge in [0.05, 0.1) is 12.2 Å². The molecule has 5 heteroatoms. The first kappa shape index (κ1) is 17.6. The summed E-state index contributed by atoms with van der Waals surface area (Å²) >= 11 is 0.